The second-order valence-corrected chi connectivity index (χ2v) is 8.02. The third kappa shape index (κ3) is 2.76. The maximum atomic E-state index is 14.3. The lowest BCUT2D eigenvalue weighted by molar-refractivity contribution is -0.565. The zero-order valence-electron chi connectivity index (χ0n) is 18.1. The van der Waals surface area contributed by atoms with E-state index in [2.05, 4.69) is 0 Å². The van der Waals surface area contributed by atoms with Crippen LogP contribution in [0.25, 0.3) is 22.3 Å². The van der Waals surface area contributed by atoms with E-state index in [9.17, 15) is 24.0 Å². The number of aromatic nitrogens is 2. The summed E-state index contributed by atoms with van der Waals surface area (Å²) in [5, 5.41) is 13.8. The lowest BCUT2D eigenvalue weighted by Gasteiger charge is -2.35. The molecule has 9 nitrogen and oxygen atoms in total. The van der Waals surface area contributed by atoms with Gasteiger partial charge in [-0.25, -0.2) is 9.18 Å². The summed E-state index contributed by atoms with van der Waals surface area (Å²) in [7, 11) is 1.33. The first-order valence-electron chi connectivity index (χ1n) is 10.3. The second kappa shape index (κ2) is 7.03. The van der Waals surface area contributed by atoms with Crippen molar-refractivity contribution in [3.63, 3.8) is 0 Å². The summed E-state index contributed by atoms with van der Waals surface area (Å²) in [6.07, 6.45) is 0.0360. The zero-order chi connectivity index (χ0) is 23.7. The van der Waals surface area contributed by atoms with Gasteiger partial charge in [0.25, 0.3) is 5.56 Å². The van der Waals surface area contributed by atoms with Crippen LogP contribution in [-0.4, -0.2) is 23.6 Å². The molecule has 1 atom stereocenters. The SMILES string of the molecule is CC[C@@]1(OC(C)=O)C(=O)OCc2c1cc1n(c2=O)Cc2cc3cc(OC)c(F)cc3[n+]([O-])c2-1. The number of hydrogen-bond acceptors (Lipinski definition) is 7. The van der Waals surface area contributed by atoms with Gasteiger partial charge < -0.3 is 19.4 Å². The third-order valence-electron chi connectivity index (χ3n) is 6.26. The molecule has 33 heavy (non-hydrogen) atoms. The smallest absolute Gasteiger partial charge is 0.355 e. The molecule has 0 radical (unpaired) electrons. The van der Waals surface area contributed by atoms with Crippen LogP contribution in [0.5, 0.6) is 5.75 Å². The Morgan fingerprint density at radius 1 is 1.30 bits per heavy atom. The van der Waals surface area contributed by atoms with Crippen molar-refractivity contribution in [3.8, 4) is 17.1 Å². The Bertz CT molecular complexity index is 1450. The molecular formula is C23H19FN2O7. The van der Waals surface area contributed by atoms with E-state index < -0.39 is 28.9 Å². The van der Waals surface area contributed by atoms with E-state index in [-0.39, 0.29) is 53.4 Å². The molecule has 0 saturated heterocycles. The van der Waals surface area contributed by atoms with Crippen molar-refractivity contribution in [2.24, 2.45) is 0 Å². The van der Waals surface area contributed by atoms with Gasteiger partial charge in [-0.15, -0.1) is 0 Å². The number of pyridine rings is 2. The lowest BCUT2D eigenvalue weighted by atomic mass is 9.85. The van der Waals surface area contributed by atoms with Gasteiger partial charge in [0.1, 0.15) is 12.3 Å². The summed E-state index contributed by atoms with van der Waals surface area (Å²) in [6, 6.07) is 5.72. The molecule has 0 fully saturated rings. The number of carbonyl (C=O) groups excluding carboxylic acids is 2. The van der Waals surface area contributed by atoms with E-state index in [4.69, 9.17) is 14.2 Å². The highest BCUT2D eigenvalue weighted by Gasteiger charge is 2.50. The summed E-state index contributed by atoms with van der Waals surface area (Å²) in [6.45, 7) is 2.63. The number of rotatable bonds is 3. The van der Waals surface area contributed by atoms with Gasteiger partial charge >= 0.3 is 11.9 Å². The molecule has 0 N–H and O–H groups in total. The van der Waals surface area contributed by atoms with Crippen LogP contribution in [0.3, 0.4) is 0 Å². The third-order valence-corrected chi connectivity index (χ3v) is 6.26. The number of esters is 2. The Morgan fingerprint density at radius 2 is 2.06 bits per heavy atom. The first-order chi connectivity index (χ1) is 15.7. The molecule has 170 valence electrons. The molecule has 4 heterocycles. The number of hydrogen-bond donors (Lipinski definition) is 0. The molecule has 0 spiro atoms. The molecule has 10 heteroatoms. The Kier molecular flexibility index (Phi) is 4.45. The molecule has 0 amide bonds. The van der Waals surface area contributed by atoms with Crippen molar-refractivity contribution in [3.05, 3.63) is 62.3 Å². The van der Waals surface area contributed by atoms with Crippen molar-refractivity contribution in [1.29, 1.82) is 0 Å². The number of cyclic esters (lactones) is 1. The Morgan fingerprint density at radius 3 is 2.73 bits per heavy atom. The molecule has 3 aromatic rings. The molecule has 0 unspecified atom stereocenters. The van der Waals surface area contributed by atoms with Crippen molar-refractivity contribution in [2.45, 2.75) is 39.0 Å². The predicted octanol–water partition coefficient (Wildman–Crippen LogP) is 2.04. The van der Waals surface area contributed by atoms with Gasteiger partial charge in [0, 0.05) is 18.1 Å². The monoisotopic (exact) mass is 454 g/mol. The summed E-state index contributed by atoms with van der Waals surface area (Å²) < 4.78 is 31.9. The summed E-state index contributed by atoms with van der Waals surface area (Å²) in [4.78, 5) is 37.9. The van der Waals surface area contributed by atoms with Gasteiger partial charge in [-0.05, 0) is 24.6 Å². The Hall–Kier alpha value is -3.95. The minimum absolute atomic E-state index is 0.00429. The number of methoxy groups -OCH3 is 1. The molecule has 0 bridgehead atoms. The fourth-order valence-corrected chi connectivity index (χ4v) is 4.73. The summed E-state index contributed by atoms with van der Waals surface area (Å²) >= 11 is 0. The van der Waals surface area contributed by atoms with E-state index in [1.165, 1.54) is 23.8 Å². The van der Waals surface area contributed by atoms with Crippen LogP contribution in [0.4, 0.5) is 4.39 Å². The van der Waals surface area contributed by atoms with E-state index >= 15 is 0 Å². The van der Waals surface area contributed by atoms with Gasteiger partial charge in [-0.3, -0.25) is 14.2 Å². The summed E-state index contributed by atoms with van der Waals surface area (Å²) in [5.74, 6) is -2.19. The fraction of sp³-hybridized carbons (Fsp3) is 0.304. The van der Waals surface area contributed by atoms with Crippen LogP contribution < -0.4 is 15.0 Å². The summed E-state index contributed by atoms with van der Waals surface area (Å²) in [5.41, 5.74) is -0.838. The van der Waals surface area contributed by atoms with Gasteiger partial charge in [0.15, 0.2) is 11.6 Å². The Balaban J connectivity index is 1.81. The number of halogens is 1. The van der Waals surface area contributed by atoms with Crippen molar-refractivity contribution in [1.82, 2.24) is 4.57 Å². The largest absolute Gasteiger partial charge is 0.618 e. The van der Waals surface area contributed by atoms with Crippen molar-refractivity contribution >= 4 is 22.8 Å². The topological polar surface area (TPSA) is 111 Å². The highest BCUT2D eigenvalue weighted by atomic mass is 19.1. The van der Waals surface area contributed by atoms with E-state index in [1.54, 1.807) is 13.0 Å². The number of benzene rings is 1. The first kappa shape index (κ1) is 20.9. The number of fused-ring (bicyclic) bond motifs is 5. The quantitative estimate of drug-likeness (QED) is 0.265. The van der Waals surface area contributed by atoms with Crippen LogP contribution in [0.2, 0.25) is 0 Å². The maximum absolute atomic E-state index is 14.3. The number of ether oxygens (including phenoxy) is 3. The zero-order valence-corrected chi connectivity index (χ0v) is 18.1. The lowest BCUT2D eigenvalue weighted by Crippen LogP contribution is -2.47. The standard InChI is InChI=1S/C23H19FN2O7/c1-4-23(33-11(2)27)15-7-18-20-13(9-25(18)21(28)14(15)10-32-22(23)29)5-12-6-19(31-3)16(24)8-17(12)26(20)30/h5-8H,4,9-10H2,1-3H3/t23-/m0/s1. The minimum Gasteiger partial charge on any atom is -0.618 e. The average molecular weight is 454 g/mol. The van der Waals surface area contributed by atoms with Crippen LogP contribution in [-0.2, 0) is 37.8 Å². The van der Waals surface area contributed by atoms with E-state index in [0.29, 0.717) is 15.7 Å². The van der Waals surface area contributed by atoms with E-state index in [0.717, 1.165) is 13.0 Å². The molecule has 2 aromatic heterocycles. The van der Waals surface area contributed by atoms with Gasteiger partial charge in [0.2, 0.25) is 16.8 Å². The predicted molar refractivity (Wildman–Crippen MR) is 112 cm³/mol. The van der Waals surface area contributed by atoms with Gasteiger partial charge in [0.05, 0.1) is 30.7 Å². The van der Waals surface area contributed by atoms with Gasteiger partial charge in [-0.2, -0.15) is 4.73 Å². The van der Waals surface area contributed by atoms with Crippen molar-refractivity contribution < 1.29 is 32.9 Å². The average Bonchev–Trinajstić information content (AvgIpc) is 3.15. The maximum Gasteiger partial charge on any atom is 0.355 e. The van der Waals surface area contributed by atoms with E-state index in [1.807, 2.05) is 0 Å². The van der Waals surface area contributed by atoms with Crippen LogP contribution in [0.15, 0.2) is 29.1 Å². The van der Waals surface area contributed by atoms with Crippen LogP contribution in [0.1, 0.15) is 37.0 Å². The molecule has 1 aromatic carbocycles. The molecular weight excluding hydrogens is 435 g/mol. The van der Waals surface area contributed by atoms with Gasteiger partial charge in [-0.1, -0.05) is 6.92 Å². The Labute approximate surface area is 186 Å². The fourth-order valence-electron chi connectivity index (χ4n) is 4.73. The number of carbonyl (C=O) groups is 2. The first-order valence-corrected chi connectivity index (χ1v) is 10.3. The normalized spacial score (nSPS) is 18.4. The highest BCUT2D eigenvalue weighted by Crippen LogP contribution is 2.40. The molecule has 5 rings (SSSR count). The number of nitrogens with zero attached hydrogens (tertiary/aromatic N) is 2. The minimum atomic E-state index is -1.79. The molecule has 0 aliphatic carbocycles. The highest BCUT2D eigenvalue weighted by molar-refractivity contribution is 5.87. The van der Waals surface area contributed by atoms with Crippen LogP contribution >= 0.6 is 0 Å². The molecule has 2 aliphatic heterocycles. The second-order valence-electron chi connectivity index (χ2n) is 8.02. The van der Waals surface area contributed by atoms with Crippen molar-refractivity contribution in [2.75, 3.05) is 7.11 Å². The molecule has 2 aliphatic rings. The molecule has 0 saturated carbocycles. The van der Waals surface area contributed by atoms with Crippen LogP contribution in [0, 0.1) is 11.0 Å².